The molecule has 1 amide bonds. The standard InChI is InChI=1S/C27H26N2O/c1-19-12-14-21(15-13-19)27-26(22-10-6-7-11-23(22)28(27)2)24-16-17-25(30)29(24)18-20-8-4-3-5-9-20/h3-15,24H,16-18H2,1-2H3. The lowest BCUT2D eigenvalue weighted by Gasteiger charge is -2.26. The minimum Gasteiger partial charge on any atom is -0.343 e. The Hall–Kier alpha value is -3.33. The first-order valence-electron chi connectivity index (χ1n) is 10.6. The van der Waals surface area contributed by atoms with Crippen molar-refractivity contribution in [2.24, 2.45) is 7.05 Å². The number of benzene rings is 3. The molecule has 0 bridgehead atoms. The van der Waals surface area contributed by atoms with Crippen LogP contribution in [0.1, 0.15) is 35.6 Å². The molecule has 1 unspecified atom stereocenters. The summed E-state index contributed by atoms with van der Waals surface area (Å²) in [5, 5.41) is 1.24. The van der Waals surface area contributed by atoms with Gasteiger partial charge in [-0.15, -0.1) is 0 Å². The molecule has 0 aliphatic carbocycles. The molecule has 0 saturated carbocycles. The normalized spacial score (nSPS) is 16.5. The molecule has 4 aromatic rings. The molecule has 5 rings (SSSR count). The number of para-hydroxylation sites is 1. The van der Waals surface area contributed by atoms with Crippen LogP contribution in [0.3, 0.4) is 0 Å². The van der Waals surface area contributed by atoms with E-state index in [9.17, 15) is 4.79 Å². The first-order valence-corrected chi connectivity index (χ1v) is 10.6. The van der Waals surface area contributed by atoms with Gasteiger partial charge in [-0.1, -0.05) is 78.4 Å². The van der Waals surface area contributed by atoms with Crippen LogP contribution in [-0.2, 0) is 18.4 Å². The quantitative estimate of drug-likeness (QED) is 0.416. The van der Waals surface area contributed by atoms with Crippen LogP contribution >= 0.6 is 0 Å². The zero-order chi connectivity index (χ0) is 20.7. The summed E-state index contributed by atoms with van der Waals surface area (Å²) in [5.74, 6) is 0.242. The monoisotopic (exact) mass is 394 g/mol. The highest BCUT2D eigenvalue weighted by atomic mass is 16.2. The minimum absolute atomic E-state index is 0.0834. The maximum Gasteiger partial charge on any atom is 0.223 e. The van der Waals surface area contributed by atoms with Gasteiger partial charge in [-0.05, 0) is 30.5 Å². The average molecular weight is 395 g/mol. The summed E-state index contributed by atoms with van der Waals surface area (Å²) in [7, 11) is 2.14. The van der Waals surface area contributed by atoms with Gasteiger partial charge in [-0.2, -0.15) is 0 Å². The fraction of sp³-hybridized carbons (Fsp3) is 0.222. The summed E-state index contributed by atoms with van der Waals surface area (Å²) in [6.45, 7) is 2.77. The summed E-state index contributed by atoms with van der Waals surface area (Å²) < 4.78 is 2.29. The molecule has 3 nitrogen and oxygen atoms in total. The minimum atomic E-state index is 0.0834. The molecule has 0 radical (unpaired) electrons. The highest BCUT2D eigenvalue weighted by Crippen LogP contribution is 2.44. The van der Waals surface area contributed by atoms with E-state index in [1.807, 2.05) is 18.2 Å². The number of carbonyl (C=O) groups excluding carboxylic acids is 1. The molecule has 1 fully saturated rings. The molecular weight excluding hydrogens is 368 g/mol. The van der Waals surface area contributed by atoms with E-state index in [2.05, 4.69) is 84.1 Å². The van der Waals surface area contributed by atoms with Crippen molar-refractivity contribution in [3.05, 3.63) is 95.6 Å². The van der Waals surface area contributed by atoms with Gasteiger partial charge >= 0.3 is 0 Å². The Bertz CT molecular complexity index is 1210. The van der Waals surface area contributed by atoms with E-state index in [0.717, 1.165) is 6.42 Å². The Labute approximate surface area is 177 Å². The topological polar surface area (TPSA) is 25.2 Å². The number of carbonyl (C=O) groups is 1. The van der Waals surface area contributed by atoms with E-state index in [1.54, 1.807) is 0 Å². The Morgan fingerprint density at radius 2 is 1.60 bits per heavy atom. The highest BCUT2D eigenvalue weighted by Gasteiger charge is 2.36. The SMILES string of the molecule is Cc1ccc(-c2c(C3CCC(=O)N3Cc3ccccc3)c3ccccc3n2C)cc1. The fourth-order valence-corrected chi connectivity index (χ4v) is 4.83. The van der Waals surface area contributed by atoms with E-state index in [1.165, 1.54) is 38.9 Å². The Morgan fingerprint density at radius 1 is 0.900 bits per heavy atom. The van der Waals surface area contributed by atoms with Crippen molar-refractivity contribution in [1.29, 1.82) is 0 Å². The van der Waals surface area contributed by atoms with Gasteiger partial charge in [0.05, 0.1) is 11.7 Å². The number of likely N-dealkylation sites (tertiary alicyclic amines) is 1. The maximum absolute atomic E-state index is 12.9. The van der Waals surface area contributed by atoms with Gasteiger partial charge in [0.25, 0.3) is 0 Å². The van der Waals surface area contributed by atoms with Crippen molar-refractivity contribution in [1.82, 2.24) is 9.47 Å². The van der Waals surface area contributed by atoms with Gasteiger partial charge in [0.1, 0.15) is 0 Å². The van der Waals surface area contributed by atoms with E-state index < -0.39 is 0 Å². The van der Waals surface area contributed by atoms with E-state index in [4.69, 9.17) is 0 Å². The van der Waals surface area contributed by atoms with Crippen molar-refractivity contribution in [3.8, 4) is 11.3 Å². The predicted octanol–water partition coefficient (Wildman–Crippen LogP) is 6.02. The molecular formula is C27H26N2O. The third-order valence-corrected chi connectivity index (χ3v) is 6.33. The summed E-state index contributed by atoms with van der Waals surface area (Å²) in [6.07, 6.45) is 1.46. The maximum atomic E-state index is 12.9. The fourth-order valence-electron chi connectivity index (χ4n) is 4.83. The summed E-state index contributed by atoms with van der Waals surface area (Å²) in [4.78, 5) is 15.0. The van der Waals surface area contributed by atoms with Gasteiger partial charge in [-0.3, -0.25) is 4.79 Å². The number of aryl methyl sites for hydroxylation is 2. The van der Waals surface area contributed by atoms with E-state index >= 15 is 0 Å². The van der Waals surface area contributed by atoms with Gasteiger partial charge < -0.3 is 9.47 Å². The molecule has 1 aliphatic rings. The number of nitrogens with zero attached hydrogens (tertiary/aromatic N) is 2. The van der Waals surface area contributed by atoms with Gasteiger partial charge in [0, 0.05) is 36.5 Å². The van der Waals surface area contributed by atoms with E-state index in [-0.39, 0.29) is 11.9 Å². The lowest BCUT2D eigenvalue weighted by Crippen LogP contribution is -2.27. The van der Waals surface area contributed by atoms with Gasteiger partial charge in [0.2, 0.25) is 5.91 Å². The third kappa shape index (κ3) is 3.11. The molecule has 0 spiro atoms. The average Bonchev–Trinajstić information content (AvgIpc) is 3.27. The smallest absolute Gasteiger partial charge is 0.223 e. The number of hydrogen-bond acceptors (Lipinski definition) is 1. The van der Waals surface area contributed by atoms with Crippen LogP contribution in [-0.4, -0.2) is 15.4 Å². The number of rotatable bonds is 4. The highest BCUT2D eigenvalue weighted by molar-refractivity contribution is 5.93. The van der Waals surface area contributed by atoms with Crippen LogP contribution in [0.25, 0.3) is 22.2 Å². The molecule has 1 atom stereocenters. The van der Waals surface area contributed by atoms with Crippen LogP contribution < -0.4 is 0 Å². The summed E-state index contributed by atoms with van der Waals surface area (Å²) in [5.41, 5.74) is 7.33. The van der Waals surface area contributed by atoms with Crippen LogP contribution in [0.15, 0.2) is 78.9 Å². The zero-order valence-corrected chi connectivity index (χ0v) is 17.5. The second kappa shape index (κ2) is 7.49. The van der Waals surface area contributed by atoms with Crippen molar-refractivity contribution in [2.45, 2.75) is 32.4 Å². The second-order valence-electron chi connectivity index (χ2n) is 8.27. The summed E-state index contributed by atoms with van der Waals surface area (Å²) >= 11 is 0. The molecule has 2 heterocycles. The lowest BCUT2D eigenvalue weighted by atomic mass is 9.96. The van der Waals surface area contributed by atoms with Gasteiger partial charge in [-0.25, -0.2) is 0 Å². The number of amides is 1. The second-order valence-corrected chi connectivity index (χ2v) is 8.27. The molecule has 30 heavy (non-hydrogen) atoms. The molecule has 1 aromatic heterocycles. The predicted molar refractivity (Wildman–Crippen MR) is 122 cm³/mol. The molecule has 3 aromatic carbocycles. The first-order chi connectivity index (χ1) is 14.6. The Morgan fingerprint density at radius 3 is 2.37 bits per heavy atom. The van der Waals surface area contributed by atoms with Crippen molar-refractivity contribution in [3.63, 3.8) is 0 Å². The summed E-state index contributed by atoms with van der Waals surface area (Å²) in [6, 6.07) is 27.7. The third-order valence-electron chi connectivity index (χ3n) is 6.33. The van der Waals surface area contributed by atoms with Crippen molar-refractivity contribution >= 4 is 16.8 Å². The molecule has 1 saturated heterocycles. The first kappa shape index (κ1) is 18.7. The van der Waals surface area contributed by atoms with E-state index in [0.29, 0.717) is 13.0 Å². The number of aromatic nitrogens is 1. The van der Waals surface area contributed by atoms with Gasteiger partial charge in [0.15, 0.2) is 0 Å². The molecule has 1 aliphatic heterocycles. The largest absolute Gasteiger partial charge is 0.343 e. The van der Waals surface area contributed by atoms with Crippen LogP contribution in [0.2, 0.25) is 0 Å². The Kier molecular flexibility index (Phi) is 4.66. The number of hydrogen-bond donors (Lipinski definition) is 0. The van der Waals surface area contributed by atoms with Crippen LogP contribution in [0.5, 0.6) is 0 Å². The van der Waals surface area contributed by atoms with Crippen molar-refractivity contribution < 1.29 is 4.79 Å². The molecule has 3 heteroatoms. The number of fused-ring (bicyclic) bond motifs is 1. The van der Waals surface area contributed by atoms with Crippen molar-refractivity contribution in [2.75, 3.05) is 0 Å². The van der Waals surface area contributed by atoms with Crippen LogP contribution in [0.4, 0.5) is 0 Å². The molecule has 150 valence electrons. The zero-order valence-electron chi connectivity index (χ0n) is 17.5. The Balaban J connectivity index is 1.68. The lowest BCUT2D eigenvalue weighted by molar-refractivity contribution is -0.129. The molecule has 0 N–H and O–H groups in total. The van der Waals surface area contributed by atoms with Crippen LogP contribution in [0, 0.1) is 6.92 Å².